The molecule has 21 heavy (non-hydrogen) atoms. The minimum Gasteiger partial charge on any atom is -0.388 e. The second-order valence-corrected chi connectivity index (χ2v) is 5.87. The zero-order chi connectivity index (χ0) is 15.5. The highest BCUT2D eigenvalue weighted by Crippen LogP contribution is 2.20. The van der Waals surface area contributed by atoms with Gasteiger partial charge in [0.15, 0.2) is 0 Å². The summed E-state index contributed by atoms with van der Waals surface area (Å²) in [4.78, 5) is 9.93. The molecule has 2 rings (SSSR count). The van der Waals surface area contributed by atoms with Gasteiger partial charge in [-0.15, -0.1) is 0 Å². The maximum atomic E-state index is 12.1. The number of anilines is 2. The molecule has 2 N–H and O–H groups in total. The third kappa shape index (κ3) is 3.48. The first-order chi connectivity index (χ1) is 9.92. The molecule has 0 unspecified atom stereocenters. The minimum atomic E-state index is -3.77. The summed E-state index contributed by atoms with van der Waals surface area (Å²) in [6.07, 6.45) is 0. The average Bonchev–Trinajstić information content (AvgIpc) is 2.48. The van der Waals surface area contributed by atoms with E-state index in [0.29, 0.717) is 5.69 Å². The van der Waals surface area contributed by atoms with Crippen LogP contribution in [0.15, 0.2) is 53.4 Å². The molecule has 0 heterocycles. The summed E-state index contributed by atoms with van der Waals surface area (Å²) in [5, 5.41) is 13.5. The highest BCUT2D eigenvalue weighted by Gasteiger charge is 2.15. The van der Waals surface area contributed by atoms with Gasteiger partial charge in [-0.05, 0) is 36.4 Å². The fraction of sp³-hybridized carbons (Fsp3) is 0.0769. The van der Waals surface area contributed by atoms with Crippen molar-refractivity contribution >= 4 is 27.1 Å². The van der Waals surface area contributed by atoms with E-state index in [1.807, 2.05) is 0 Å². The summed E-state index contributed by atoms with van der Waals surface area (Å²) in [5.41, 5.74) is 1.10. The number of nitro benzene ring substituents is 1. The smallest absolute Gasteiger partial charge is 0.269 e. The van der Waals surface area contributed by atoms with Crippen LogP contribution >= 0.6 is 0 Å². The molecule has 0 fully saturated rings. The van der Waals surface area contributed by atoms with Crippen LogP contribution in [0.25, 0.3) is 0 Å². The van der Waals surface area contributed by atoms with Crippen LogP contribution < -0.4 is 10.0 Å². The van der Waals surface area contributed by atoms with Gasteiger partial charge in [-0.2, -0.15) is 0 Å². The fourth-order valence-corrected chi connectivity index (χ4v) is 2.72. The number of nitrogens with one attached hydrogen (secondary N) is 2. The molecule has 0 aromatic heterocycles. The molecule has 0 saturated carbocycles. The second-order valence-electron chi connectivity index (χ2n) is 4.18. The number of rotatable bonds is 5. The highest BCUT2D eigenvalue weighted by molar-refractivity contribution is 7.92. The number of sulfonamides is 1. The molecule has 2 aromatic rings. The molecule has 0 bridgehead atoms. The summed E-state index contributed by atoms with van der Waals surface area (Å²) in [6.45, 7) is 0. The Bertz CT molecular complexity index is 740. The van der Waals surface area contributed by atoms with Crippen molar-refractivity contribution in [1.29, 1.82) is 0 Å². The Hall–Kier alpha value is -2.61. The van der Waals surface area contributed by atoms with Gasteiger partial charge < -0.3 is 5.32 Å². The highest BCUT2D eigenvalue weighted by atomic mass is 32.2. The first kappa shape index (κ1) is 14.8. The topological polar surface area (TPSA) is 101 Å². The average molecular weight is 307 g/mol. The van der Waals surface area contributed by atoms with E-state index in [1.54, 1.807) is 31.3 Å². The summed E-state index contributed by atoms with van der Waals surface area (Å²) in [6, 6.07) is 11.4. The molecule has 110 valence electrons. The fourth-order valence-electron chi connectivity index (χ4n) is 1.67. The van der Waals surface area contributed by atoms with Crippen molar-refractivity contribution < 1.29 is 13.3 Å². The van der Waals surface area contributed by atoms with E-state index in [1.165, 1.54) is 12.1 Å². The predicted molar refractivity (Wildman–Crippen MR) is 79.9 cm³/mol. The van der Waals surface area contributed by atoms with Crippen LogP contribution in [0, 0.1) is 10.1 Å². The molecule has 0 spiro atoms. The Morgan fingerprint density at radius 1 is 0.952 bits per heavy atom. The van der Waals surface area contributed by atoms with Crippen molar-refractivity contribution in [3.05, 3.63) is 58.6 Å². The van der Waals surface area contributed by atoms with Crippen LogP contribution in [-0.2, 0) is 10.0 Å². The van der Waals surface area contributed by atoms with E-state index in [2.05, 4.69) is 10.0 Å². The van der Waals surface area contributed by atoms with E-state index >= 15 is 0 Å². The predicted octanol–water partition coefficient (Wildman–Crippen LogP) is 2.44. The quantitative estimate of drug-likeness (QED) is 0.652. The number of benzene rings is 2. The number of non-ortho nitro benzene ring substituents is 1. The standard InChI is InChI=1S/C13H13N3O4S/c1-14-10-2-4-11(5-3-10)15-21(19,20)13-8-6-12(7-9-13)16(17)18/h2-9,14-15H,1H3. The van der Waals surface area contributed by atoms with Crippen LogP contribution in [0.3, 0.4) is 0 Å². The molecule has 7 nitrogen and oxygen atoms in total. The van der Waals surface area contributed by atoms with Crippen molar-refractivity contribution in [2.45, 2.75) is 4.90 Å². The van der Waals surface area contributed by atoms with E-state index in [-0.39, 0.29) is 10.6 Å². The Morgan fingerprint density at radius 3 is 1.95 bits per heavy atom. The lowest BCUT2D eigenvalue weighted by Gasteiger charge is -2.08. The molecular weight excluding hydrogens is 294 g/mol. The van der Waals surface area contributed by atoms with Gasteiger partial charge in [0.25, 0.3) is 15.7 Å². The zero-order valence-corrected chi connectivity index (χ0v) is 11.9. The van der Waals surface area contributed by atoms with E-state index in [4.69, 9.17) is 0 Å². The summed E-state index contributed by atoms with van der Waals surface area (Å²) < 4.78 is 26.7. The van der Waals surface area contributed by atoms with Gasteiger partial charge >= 0.3 is 0 Å². The summed E-state index contributed by atoms with van der Waals surface area (Å²) >= 11 is 0. The van der Waals surface area contributed by atoms with Crippen molar-refractivity contribution in [2.75, 3.05) is 17.1 Å². The SMILES string of the molecule is CNc1ccc(NS(=O)(=O)c2ccc([N+](=O)[O-])cc2)cc1. The number of hydrogen-bond donors (Lipinski definition) is 2. The molecule has 8 heteroatoms. The normalized spacial score (nSPS) is 10.9. The number of nitro groups is 1. The molecule has 0 amide bonds. The largest absolute Gasteiger partial charge is 0.388 e. The molecule has 0 saturated heterocycles. The van der Waals surface area contributed by atoms with Crippen molar-refractivity contribution in [3.63, 3.8) is 0 Å². The third-order valence-electron chi connectivity index (χ3n) is 2.78. The molecular formula is C13H13N3O4S. The maximum Gasteiger partial charge on any atom is 0.269 e. The third-order valence-corrected chi connectivity index (χ3v) is 4.18. The van der Waals surface area contributed by atoms with Crippen LogP contribution in [-0.4, -0.2) is 20.4 Å². The molecule has 0 aliphatic carbocycles. The van der Waals surface area contributed by atoms with E-state index in [9.17, 15) is 18.5 Å². The van der Waals surface area contributed by atoms with Crippen molar-refractivity contribution in [1.82, 2.24) is 0 Å². The Morgan fingerprint density at radius 2 is 1.48 bits per heavy atom. The monoisotopic (exact) mass is 307 g/mol. The zero-order valence-electron chi connectivity index (χ0n) is 11.1. The van der Waals surface area contributed by atoms with Gasteiger partial charge in [-0.25, -0.2) is 8.42 Å². The van der Waals surface area contributed by atoms with Gasteiger partial charge in [0.05, 0.1) is 9.82 Å². The van der Waals surface area contributed by atoms with Gasteiger partial charge in [0.2, 0.25) is 0 Å². The Kier molecular flexibility index (Phi) is 4.08. The lowest BCUT2D eigenvalue weighted by atomic mass is 10.3. The van der Waals surface area contributed by atoms with Gasteiger partial charge in [0.1, 0.15) is 0 Å². The minimum absolute atomic E-state index is 0.0363. The van der Waals surface area contributed by atoms with Crippen LogP contribution in [0.1, 0.15) is 0 Å². The molecule has 0 atom stereocenters. The maximum absolute atomic E-state index is 12.1. The van der Waals surface area contributed by atoms with Crippen molar-refractivity contribution in [3.8, 4) is 0 Å². The van der Waals surface area contributed by atoms with E-state index < -0.39 is 14.9 Å². The summed E-state index contributed by atoms with van der Waals surface area (Å²) in [7, 11) is -2.01. The first-order valence-electron chi connectivity index (χ1n) is 5.97. The Labute approximate surface area is 121 Å². The summed E-state index contributed by atoms with van der Waals surface area (Å²) in [5.74, 6) is 0. The number of hydrogen-bond acceptors (Lipinski definition) is 5. The Balaban J connectivity index is 2.22. The van der Waals surface area contributed by atoms with Gasteiger partial charge in [-0.1, -0.05) is 0 Å². The van der Waals surface area contributed by atoms with Crippen LogP contribution in [0.2, 0.25) is 0 Å². The van der Waals surface area contributed by atoms with Crippen LogP contribution in [0.5, 0.6) is 0 Å². The number of nitrogens with zero attached hydrogens (tertiary/aromatic N) is 1. The van der Waals surface area contributed by atoms with Crippen molar-refractivity contribution in [2.24, 2.45) is 0 Å². The van der Waals surface area contributed by atoms with Crippen LogP contribution in [0.4, 0.5) is 17.1 Å². The van der Waals surface area contributed by atoms with E-state index in [0.717, 1.165) is 17.8 Å². The lowest BCUT2D eigenvalue weighted by Crippen LogP contribution is -2.12. The molecule has 0 radical (unpaired) electrons. The van der Waals surface area contributed by atoms with Gasteiger partial charge in [0, 0.05) is 30.6 Å². The molecule has 2 aromatic carbocycles. The molecule has 0 aliphatic rings. The lowest BCUT2D eigenvalue weighted by molar-refractivity contribution is -0.384. The molecule has 0 aliphatic heterocycles. The van der Waals surface area contributed by atoms with Gasteiger partial charge in [-0.3, -0.25) is 14.8 Å². The second kappa shape index (κ2) is 5.80. The first-order valence-corrected chi connectivity index (χ1v) is 7.46.